The molecule has 0 radical (unpaired) electrons. The molecule has 0 saturated heterocycles. The van der Waals surface area contributed by atoms with E-state index in [0.717, 1.165) is 17.8 Å². The molecule has 0 aliphatic heterocycles. The van der Waals surface area contributed by atoms with Gasteiger partial charge in [-0.05, 0) is 31.0 Å². The summed E-state index contributed by atoms with van der Waals surface area (Å²) in [4.78, 5) is 10.5. The van der Waals surface area contributed by atoms with Gasteiger partial charge in [-0.1, -0.05) is 12.1 Å². The Morgan fingerprint density at radius 1 is 1.35 bits per heavy atom. The summed E-state index contributed by atoms with van der Waals surface area (Å²) in [5.74, 6) is -0.967. The molecule has 1 aromatic rings. The molecule has 6 heteroatoms. The van der Waals surface area contributed by atoms with E-state index in [-0.39, 0.29) is 24.8 Å². The van der Waals surface area contributed by atoms with Crippen molar-refractivity contribution in [2.45, 2.75) is 19.4 Å². The first-order chi connectivity index (χ1) is 7.13. The van der Waals surface area contributed by atoms with E-state index in [1.165, 1.54) is 0 Å². The molecule has 1 rings (SSSR count). The molecular weight excluding hydrogens is 263 g/mol. The fourth-order valence-corrected chi connectivity index (χ4v) is 1.30. The molecule has 0 aromatic heterocycles. The molecule has 0 fully saturated rings. The molecular formula is C11H18Cl2N2O2. The molecule has 0 aliphatic carbocycles. The second kappa shape index (κ2) is 9.10. The third-order valence-electron chi connectivity index (χ3n) is 2.11. The summed E-state index contributed by atoms with van der Waals surface area (Å²) in [6.45, 7) is 2.89. The van der Waals surface area contributed by atoms with E-state index in [4.69, 9.17) is 10.8 Å². The number of carboxylic acids is 1. The van der Waals surface area contributed by atoms with Gasteiger partial charge in [-0.15, -0.1) is 24.8 Å². The number of nitrogens with one attached hydrogen (secondary N) is 1. The molecule has 0 unspecified atom stereocenters. The SMILES string of the molecule is CCNc1ccc(C[C@H](N)C(=O)O)cc1.Cl.Cl. The van der Waals surface area contributed by atoms with Gasteiger partial charge in [0.25, 0.3) is 0 Å². The van der Waals surface area contributed by atoms with Crippen molar-refractivity contribution in [3.63, 3.8) is 0 Å². The van der Waals surface area contributed by atoms with Gasteiger partial charge in [0.1, 0.15) is 6.04 Å². The number of nitrogens with two attached hydrogens (primary N) is 1. The number of halogens is 2. The highest BCUT2D eigenvalue weighted by molar-refractivity contribution is 5.85. The van der Waals surface area contributed by atoms with Gasteiger partial charge >= 0.3 is 5.97 Å². The van der Waals surface area contributed by atoms with Crippen LogP contribution in [0.25, 0.3) is 0 Å². The number of benzene rings is 1. The molecule has 17 heavy (non-hydrogen) atoms. The van der Waals surface area contributed by atoms with Crippen LogP contribution in [-0.2, 0) is 11.2 Å². The lowest BCUT2D eigenvalue weighted by Gasteiger charge is -2.07. The topological polar surface area (TPSA) is 75.3 Å². The highest BCUT2D eigenvalue weighted by Gasteiger charge is 2.11. The molecule has 4 N–H and O–H groups in total. The molecule has 0 saturated carbocycles. The molecule has 0 amide bonds. The average Bonchev–Trinajstić information content (AvgIpc) is 2.21. The standard InChI is InChI=1S/C11H16N2O2.2ClH/c1-2-13-9-5-3-8(4-6-9)7-10(12)11(14)15;;/h3-6,10,13H,2,7,12H2,1H3,(H,14,15);2*1H/t10-;;/m0../s1. The Morgan fingerprint density at radius 3 is 2.29 bits per heavy atom. The number of rotatable bonds is 5. The molecule has 4 nitrogen and oxygen atoms in total. The van der Waals surface area contributed by atoms with Crippen LogP contribution >= 0.6 is 24.8 Å². The van der Waals surface area contributed by atoms with E-state index < -0.39 is 12.0 Å². The smallest absolute Gasteiger partial charge is 0.320 e. The van der Waals surface area contributed by atoms with Crippen LogP contribution in [0.5, 0.6) is 0 Å². The zero-order valence-electron chi connectivity index (χ0n) is 9.55. The molecule has 0 spiro atoms. The third kappa shape index (κ3) is 6.36. The number of hydrogen-bond acceptors (Lipinski definition) is 3. The zero-order valence-corrected chi connectivity index (χ0v) is 11.2. The van der Waals surface area contributed by atoms with Crippen molar-refractivity contribution in [2.75, 3.05) is 11.9 Å². The Hall–Kier alpha value is -0.970. The Kier molecular flexibility index (Phi) is 9.85. The van der Waals surface area contributed by atoms with Crippen LogP contribution in [0.2, 0.25) is 0 Å². The van der Waals surface area contributed by atoms with Crippen molar-refractivity contribution < 1.29 is 9.90 Å². The first-order valence-electron chi connectivity index (χ1n) is 4.94. The summed E-state index contributed by atoms with van der Waals surface area (Å²) in [6.07, 6.45) is 0.363. The fraction of sp³-hybridized carbons (Fsp3) is 0.364. The number of aliphatic carboxylic acids is 1. The van der Waals surface area contributed by atoms with Crippen molar-refractivity contribution in [2.24, 2.45) is 5.73 Å². The quantitative estimate of drug-likeness (QED) is 0.770. The monoisotopic (exact) mass is 280 g/mol. The van der Waals surface area contributed by atoms with Crippen LogP contribution in [0.1, 0.15) is 12.5 Å². The minimum atomic E-state index is -0.967. The lowest BCUT2D eigenvalue weighted by Crippen LogP contribution is -2.32. The minimum absolute atomic E-state index is 0. The Labute approximate surface area is 113 Å². The second-order valence-corrected chi connectivity index (χ2v) is 3.38. The van der Waals surface area contributed by atoms with Gasteiger partial charge in [0.15, 0.2) is 0 Å². The van der Waals surface area contributed by atoms with Crippen molar-refractivity contribution in [1.29, 1.82) is 0 Å². The highest BCUT2D eigenvalue weighted by Crippen LogP contribution is 2.10. The van der Waals surface area contributed by atoms with Gasteiger partial charge in [0.2, 0.25) is 0 Å². The molecule has 0 aliphatic rings. The maximum Gasteiger partial charge on any atom is 0.320 e. The summed E-state index contributed by atoms with van der Waals surface area (Å²) >= 11 is 0. The van der Waals surface area contributed by atoms with Crippen LogP contribution in [-0.4, -0.2) is 23.7 Å². The summed E-state index contributed by atoms with van der Waals surface area (Å²) in [5.41, 5.74) is 7.40. The van der Waals surface area contributed by atoms with Crippen molar-refractivity contribution in [1.82, 2.24) is 0 Å². The van der Waals surface area contributed by atoms with E-state index in [0.29, 0.717) is 6.42 Å². The largest absolute Gasteiger partial charge is 0.480 e. The third-order valence-corrected chi connectivity index (χ3v) is 2.11. The lowest BCUT2D eigenvalue weighted by molar-refractivity contribution is -0.138. The van der Waals surface area contributed by atoms with E-state index in [1.807, 2.05) is 31.2 Å². The van der Waals surface area contributed by atoms with Gasteiger partial charge in [-0.3, -0.25) is 4.79 Å². The average molecular weight is 281 g/mol. The maximum atomic E-state index is 10.5. The maximum absolute atomic E-state index is 10.5. The molecule has 1 atom stereocenters. The molecule has 0 heterocycles. The van der Waals surface area contributed by atoms with Gasteiger partial charge < -0.3 is 16.2 Å². The van der Waals surface area contributed by atoms with Crippen molar-refractivity contribution in [3.05, 3.63) is 29.8 Å². The number of carboxylic acid groups (broad SMARTS) is 1. The van der Waals surface area contributed by atoms with Crippen LogP contribution in [0.3, 0.4) is 0 Å². The van der Waals surface area contributed by atoms with E-state index in [9.17, 15) is 4.79 Å². The summed E-state index contributed by atoms with van der Waals surface area (Å²) in [5, 5.41) is 11.8. The van der Waals surface area contributed by atoms with Crippen LogP contribution < -0.4 is 11.1 Å². The van der Waals surface area contributed by atoms with Crippen molar-refractivity contribution >= 4 is 36.5 Å². The predicted octanol–water partition coefficient (Wildman–Crippen LogP) is 1.92. The number of anilines is 1. The second-order valence-electron chi connectivity index (χ2n) is 3.38. The van der Waals surface area contributed by atoms with Gasteiger partial charge in [-0.25, -0.2) is 0 Å². The van der Waals surface area contributed by atoms with Crippen LogP contribution in [0.15, 0.2) is 24.3 Å². The van der Waals surface area contributed by atoms with Crippen LogP contribution in [0, 0.1) is 0 Å². The minimum Gasteiger partial charge on any atom is -0.480 e. The van der Waals surface area contributed by atoms with Gasteiger partial charge in [-0.2, -0.15) is 0 Å². The molecule has 98 valence electrons. The fourth-order valence-electron chi connectivity index (χ4n) is 1.30. The van der Waals surface area contributed by atoms with Gasteiger partial charge in [0, 0.05) is 12.2 Å². The Morgan fingerprint density at radius 2 is 1.88 bits per heavy atom. The summed E-state index contributed by atoms with van der Waals surface area (Å²) < 4.78 is 0. The van der Waals surface area contributed by atoms with E-state index >= 15 is 0 Å². The lowest BCUT2D eigenvalue weighted by atomic mass is 10.1. The molecule has 0 bridgehead atoms. The van der Waals surface area contributed by atoms with Gasteiger partial charge in [0.05, 0.1) is 0 Å². The normalized spacial score (nSPS) is 10.7. The predicted molar refractivity (Wildman–Crippen MR) is 74.4 cm³/mol. The molecule has 1 aromatic carbocycles. The summed E-state index contributed by atoms with van der Waals surface area (Å²) in [6, 6.07) is 6.80. The van der Waals surface area contributed by atoms with Crippen molar-refractivity contribution in [3.8, 4) is 0 Å². The number of hydrogen-bond donors (Lipinski definition) is 3. The Balaban J connectivity index is 0. The van der Waals surface area contributed by atoms with Crippen LogP contribution in [0.4, 0.5) is 5.69 Å². The summed E-state index contributed by atoms with van der Waals surface area (Å²) in [7, 11) is 0. The first-order valence-corrected chi connectivity index (χ1v) is 4.94. The zero-order chi connectivity index (χ0) is 11.3. The first kappa shape index (κ1) is 18.4. The van der Waals surface area contributed by atoms with E-state index in [2.05, 4.69) is 5.32 Å². The Bertz CT molecular complexity index is 331. The highest BCUT2D eigenvalue weighted by atomic mass is 35.5. The number of carbonyl (C=O) groups is 1. The van der Waals surface area contributed by atoms with E-state index in [1.54, 1.807) is 0 Å².